The van der Waals surface area contributed by atoms with Gasteiger partial charge < -0.3 is 11.1 Å². The standard InChI is InChI=1S/C11H20N4/c1-4-10-14-9(12)7-11(15-10)13-6-5-8(2)3/h7-8H,4-6H2,1-3H3,(H3,12,13,14,15). The van der Waals surface area contributed by atoms with Gasteiger partial charge in [0.1, 0.15) is 17.5 Å². The van der Waals surface area contributed by atoms with Crippen LogP contribution in [-0.2, 0) is 6.42 Å². The SMILES string of the molecule is CCc1nc(N)cc(NCCC(C)C)n1. The second-order valence-electron chi connectivity index (χ2n) is 4.06. The molecule has 0 amide bonds. The summed E-state index contributed by atoms with van der Waals surface area (Å²) in [6, 6.07) is 1.78. The van der Waals surface area contributed by atoms with E-state index in [1.54, 1.807) is 6.07 Å². The number of nitrogen functional groups attached to an aromatic ring is 1. The van der Waals surface area contributed by atoms with Crippen molar-refractivity contribution in [2.75, 3.05) is 17.6 Å². The van der Waals surface area contributed by atoms with Gasteiger partial charge in [0.15, 0.2) is 0 Å². The Hall–Kier alpha value is -1.32. The van der Waals surface area contributed by atoms with Crippen LogP contribution in [0.4, 0.5) is 11.6 Å². The van der Waals surface area contributed by atoms with Gasteiger partial charge in [0, 0.05) is 19.0 Å². The summed E-state index contributed by atoms with van der Waals surface area (Å²) in [6.07, 6.45) is 1.94. The number of aryl methyl sites for hydroxylation is 1. The summed E-state index contributed by atoms with van der Waals surface area (Å²) in [4.78, 5) is 8.47. The predicted molar refractivity (Wildman–Crippen MR) is 63.8 cm³/mol. The lowest BCUT2D eigenvalue weighted by atomic mass is 10.1. The zero-order chi connectivity index (χ0) is 11.3. The van der Waals surface area contributed by atoms with Crippen molar-refractivity contribution in [3.05, 3.63) is 11.9 Å². The molecule has 0 aliphatic rings. The van der Waals surface area contributed by atoms with Crippen LogP contribution >= 0.6 is 0 Å². The van der Waals surface area contributed by atoms with Crippen molar-refractivity contribution < 1.29 is 0 Å². The second kappa shape index (κ2) is 5.53. The van der Waals surface area contributed by atoms with Crippen LogP contribution < -0.4 is 11.1 Å². The first-order valence-electron chi connectivity index (χ1n) is 5.49. The molecule has 0 spiro atoms. The quantitative estimate of drug-likeness (QED) is 0.777. The van der Waals surface area contributed by atoms with E-state index in [0.717, 1.165) is 31.0 Å². The van der Waals surface area contributed by atoms with Crippen LogP contribution in [-0.4, -0.2) is 16.5 Å². The van der Waals surface area contributed by atoms with Crippen molar-refractivity contribution in [2.24, 2.45) is 5.92 Å². The summed E-state index contributed by atoms with van der Waals surface area (Å²) in [6.45, 7) is 7.35. The van der Waals surface area contributed by atoms with Crippen LogP contribution in [0.25, 0.3) is 0 Å². The summed E-state index contributed by atoms with van der Waals surface area (Å²) in [5, 5.41) is 3.26. The Bertz CT molecular complexity index is 309. The fraction of sp³-hybridized carbons (Fsp3) is 0.636. The zero-order valence-corrected chi connectivity index (χ0v) is 9.75. The van der Waals surface area contributed by atoms with Crippen molar-refractivity contribution in [1.82, 2.24) is 9.97 Å². The van der Waals surface area contributed by atoms with E-state index in [1.165, 1.54) is 0 Å². The molecule has 0 aromatic carbocycles. The molecule has 3 N–H and O–H groups in total. The molecule has 1 aromatic rings. The van der Waals surface area contributed by atoms with Crippen molar-refractivity contribution in [2.45, 2.75) is 33.6 Å². The van der Waals surface area contributed by atoms with E-state index in [1.807, 2.05) is 6.92 Å². The third kappa shape index (κ3) is 4.14. The lowest BCUT2D eigenvalue weighted by Gasteiger charge is -2.08. The molecule has 15 heavy (non-hydrogen) atoms. The molecule has 0 saturated carbocycles. The number of nitrogens with one attached hydrogen (secondary N) is 1. The minimum Gasteiger partial charge on any atom is -0.384 e. The van der Waals surface area contributed by atoms with Crippen molar-refractivity contribution >= 4 is 11.6 Å². The molecule has 1 aromatic heterocycles. The Labute approximate surface area is 91.3 Å². The number of nitrogens with zero attached hydrogens (tertiary/aromatic N) is 2. The van der Waals surface area contributed by atoms with Crippen LogP contribution in [0.5, 0.6) is 0 Å². The Morgan fingerprint density at radius 3 is 2.73 bits per heavy atom. The number of hydrogen-bond acceptors (Lipinski definition) is 4. The van der Waals surface area contributed by atoms with Gasteiger partial charge in [-0.25, -0.2) is 9.97 Å². The highest BCUT2D eigenvalue weighted by atomic mass is 15.0. The van der Waals surface area contributed by atoms with Gasteiger partial charge in [0.25, 0.3) is 0 Å². The van der Waals surface area contributed by atoms with Gasteiger partial charge in [-0.3, -0.25) is 0 Å². The molecule has 0 saturated heterocycles. The van der Waals surface area contributed by atoms with Crippen LogP contribution in [0, 0.1) is 5.92 Å². The highest BCUT2D eigenvalue weighted by Gasteiger charge is 2.01. The smallest absolute Gasteiger partial charge is 0.132 e. The van der Waals surface area contributed by atoms with E-state index in [4.69, 9.17) is 5.73 Å². The Morgan fingerprint density at radius 2 is 2.13 bits per heavy atom. The normalized spacial score (nSPS) is 10.7. The van der Waals surface area contributed by atoms with Crippen LogP contribution in [0.2, 0.25) is 0 Å². The number of hydrogen-bond donors (Lipinski definition) is 2. The maximum atomic E-state index is 5.68. The lowest BCUT2D eigenvalue weighted by Crippen LogP contribution is -2.09. The minimum absolute atomic E-state index is 0.536. The summed E-state index contributed by atoms with van der Waals surface area (Å²) in [7, 11) is 0. The van der Waals surface area contributed by atoms with Crippen LogP contribution in [0.15, 0.2) is 6.07 Å². The van der Waals surface area contributed by atoms with E-state index in [0.29, 0.717) is 11.7 Å². The molecule has 0 atom stereocenters. The Morgan fingerprint density at radius 1 is 1.40 bits per heavy atom. The Balaban J connectivity index is 2.56. The first kappa shape index (κ1) is 11.8. The van der Waals surface area contributed by atoms with E-state index < -0.39 is 0 Å². The predicted octanol–water partition coefficient (Wildman–Crippen LogP) is 2.08. The fourth-order valence-electron chi connectivity index (χ4n) is 1.26. The average molecular weight is 208 g/mol. The first-order valence-corrected chi connectivity index (χ1v) is 5.49. The van der Waals surface area contributed by atoms with Gasteiger partial charge in [-0.2, -0.15) is 0 Å². The molecule has 1 heterocycles. The van der Waals surface area contributed by atoms with Gasteiger partial charge in [0.05, 0.1) is 0 Å². The average Bonchev–Trinajstić information content (AvgIpc) is 2.16. The molecule has 4 nitrogen and oxygen atoms in total. The van der Waals surface area contributed by atoms with E-state index in [-0.39, 0.29) is 0 Å². The molecule has 4 heteroatoms. The van der Waals surface area contributed by atoms with E-state index >= 15 is 0 Å². The second-order valence-corrected chi connectivity index (χ2v) is 4.06. The number of nitrogens with two attached hydrogens (primary N) is 1. The Kier molecular flexibility index (Phi) is 4.34. The molecule has 0 aliphatic heterocycles. The van der Waals surface area contributed by atoms with Crippen molar-refractivity contribution in [3.63, 3.8) is 0 Å². The molecule has 0 radical (unpaired) electrons. The molecule has 0 fully saturated rings. The van der Waals surface area contributed by atoms with Gasteiger partial charge >= 0.3 is 0 Å². The van der Waals surface area contributed by atoms with E-state index in [9.17, 15) is 0 Å². The van der Waals surface area contributed by atoms with Crippen LogP contribution in [0.3, 0.4) is 0 Å². The summed E-state index contributed by atoms with van der Waals surface area (Å²) < 4.78 is 0. The molecule has 0 bridgehead atoms. The fourth-order valence-corrected chi connectivity index (χ4v) is 1.26. The molecular formula is C11H20N4. The maximum absolute atomic E-state index is 5.68. The monoisotopic (exact) mass is 208 g/mol. The molecule has 0 unspecified atom stereocenters. The first-order chi connectivity index (χ1) is 7.11. The van der Waals surface area contributed by atoms with Crippen LogP contribution in [0.1, 0.15) is 33.0 Å². The van der Waals surface area contributed by atoms with Gasteiger partial charge in [-0.1, -0.05) is 20.8 Å². The number of anilines is 2. The third-order valence-corrected chi connectivity index (χ3v) is 2.14. The highest BCUT2D eigenvalue weighted by Crippen LogP contribution is 2.09. The van der Waals surface area contributed by atoms with Gasteiger partial charge in [-0.15, -0.1) is 0 Å². The van der Waals surface area contributed by atoms with Gasteiger partial charge in [-0.05, 0) is 12.3 Å². The molecule has 1 rings (SSSR count). The maximum Gasteiger partial charge on any atom is 0.132 e. The number of rotatable bonds is 5. The third-order valence-electron chi connectivity index (χ3n) is 2.14. The summed E-state index contributed by atoms with van der Waals surface area (Å²) in [5.41, 5.74) is 5.68. The minimum atomic E-state index is 0.536. The lowest BCUT2D eigenvalue weighted by molar-refractivity contribution is 0.606. The zero-order valence-electron chi connectivity index (χ0n) is 9.75. The molecule has 84 valence electrons. The van der Waals surface area contributed by atoms with Crippen molar-refractivity contribution in [1.29, 1.82) is 0 Å². The van der Waals surface area contributed by atoms with Crippen molar-refractivity contribution in [3.8, 4) is 0 Å². The molecule has 0 aliphatic carbocycles. The molecular weight excluding hydrogens is 188 g/mol. The summed E-state index contributed by atoms with van der Waals surface area (Å²) in [5.74, 6) is 2.86. The van der Waals surface area contributed by atoms with Gasteiger partial charge in [0.2, 0.25) is 0 Å². The largest absolute Gasteiger partial charge is 0.384 e. The summed E-state index contributed by atoms with van der Waals surface area (Å²) >= 11 is 0. The number of aromatic nitrogens is 2. The highest BCUT2D eigenvalue weighted by molar-refractivity contribution is 5.44. The van der Waals surface area contributed by atoms with E-state index in [2.05, 4.69) is 29.1 Å². The topological polar surface area (TPSA) is 63.8 Å².